The molecule has 3 N–H and O–H groups in total. The van der Waals surface area contributed by atoms with Gasteiger partial charge in [-0.2, -0.15) is 0 Å². The highest BCUT2D eigenvalue weighted by Gasteiger charge is 2.18. The molecule has 0 radical (unpaired) electrons. The zero-order chi connectivity index (χ0) is 12.4. The van der Waals surface area contributed by atoms with Gasteiger partial charge in [0.05, 0.1) is 18.9 Å². The zero-order valence-electron chi connectivity index (χ0n) is 9.01. The Kier molecular flexibility index (Phi) is 2.70. The third-order valence-corrected chi connectivity index (χ3v) is 2.26. The summed E-state index contributed by atoms with van der Waals surface area (Å²) < 4.78 is 9.61. The molecule has 0 bridgehead atoms. The Morgan fingerprint density at radius 2 is 2.29 bits per heavy atom. The Morgan fingerprint density at radius 1 is 1.53 bits per heavy atom. The van der Waals surface area contributed by atoms with Gasteiger partial charge in [0.15, 0.2) is 11.5 Å². The number of ether oxygens (including phenoxy) is 1. The lowest BCUT2D eigenvalue weighted by Gasteiger charge is -2.07. The molecule has 1 aromatic heterocycles. The summed E-state index contributed by atoms with van der Waals surface area (Å²) in [7, 11) is 1.40. The Morgan fingerprint density at radius 3 is 2.88 bits per heavy atom. The number of hydrogen-bond donors (Lipinski definition) is 2. The number of hydrogen-bond acceptors (Lipinski definition) is 6. The van der Waals surface area contributed by atoms with Crippen molar-refractivity contribution in [1.29, 1.82) is 0 Å². The first-order valence-corrected chi connectivity index (χ1v) is 4.75. The van der Waals surface area contributed by atoms with Crippen LogP contribution < -0.4 is 10.5 Å². The zero-order valence-corrected chi connectivity index (χ0v) is 9.01. The highest BCUT2D eigenvalue weighted by molar-refractivity contribution is 6.10. The second-order valence-electron chi connectivity index (χ2n) is 3.32. The van der Waals surface area contributed by atoms with Crippen LogP contribution in [-0.4, -0.2) is 23.2 Å². The second-order valence-corrected chi connectivity index (χ2v) is 3.32. The highest BCUT2D eigenvalue weighted by atomic mass is 16.5. The van der Waals surface area contributed by atoms with Crippen molar-refractivity contribution in [2.24, 2.45) is 0 Å². The van der Waals surface area contributed by atoms with Crippen molar-refractivity contribution >= 4 is 11.5 Å². The lowest BCUT2D eigenvalue weighted by molar-refractivity contribution is 0.100. The van der Waals surface area contributed by atoms with Gasteiger partial charge in [-0.15, -0.1) is 0 Å². The molecule has 17 heavy (non-hydrogen) atoms. The first kappa shape index (κ1) is 11.0. The van der Waals surface area contributed by atoms with Crippen LogP contribution in [0.2, 0.25) is 0 Å². The molecule has 0 aliphatic rings. The van der Waals surface area contributed by atoms with Gasteiger partial charge in [0, 0.05) is 17.8 Å². The molecule has 1 heterocycles. The summed E-state index contributed by atoms with van der Waals surface area (Å²) in [6.45, 7) is 0. The molecular weight excluding hydrogens is 224 g/mol. The lowest BCUT2D eigenvalue weighted by Crippen LogP contribution is -2.04. The van der Waals surface area contributed by atoms with E-state index in [1.807, 2.05) is 0 Å². The molecular formula is C11H10N2O4. The fraction of sp³-hybridized carbons (Fsp3) is 0.0909. The summed E-state index contributed by atoms with van der Waals surface area (Å²) in [5.41, 5.74) is 6.03. The molecule has 0 unspecified atom stereocenters. The minimum atomic E-state index is -0.446. The first-order valence-electron chi connectivity index (χ1n) is 4.75. The Bertz CT molecular complexity index is 549. The van der Waals surface area contributed by atoms with E-state index in [1.165, 1.54) is 31.5 Å². The van der Waals surface area contributed by atoms with Crippen LogP contribution in [0.5, 0.6) is 11.5 Å². The number of nitrogens with two attached hydrogens (primary N) is 1. The molecule has 88 valence electrons. The third-order valence-electron chi connectivity index (χ3n) is 2.26. The van der Waals surface area contributed by atoms with Gasteiger partial charge in [0.25, 0.3) is 0 Å². The van der Waals surface area contributed by atoms with Gasteiger partial charge in [-0.3, -0.25) is 4.79 Å². The number of methoxy groups -OCH3 is 1. The predicted molar refractivity (Wildman–Crippen MR) is 59.0 cm³/mol. The van der Waals surface area contributed by atoms with Gasteiger partial charge in [-0.1, -0.05) is 5.16 Å². The normalized spacial score (nSPS) is 10.2. The van der Waals surface area contributed by atoms with Crippen LogP contribution in [0.25, 0.3) is 0 Å². The number of phenols is 1. The van der Waals surface area contributed by atoms with Crippen LogP contribution in [0.3, 0.4) is 0 Å². The van der Waals surface area contributed by atoms with Crippen LogP contribution in [0, 0.1) is 0 Å². The summed E-state index contributed by atoms with van der Waals surface area (Å²) >= 11 is 0. The third kappa shape index (κ3) is 1.92. The van der Waals surface area contributed by atoms with E-state index in [4.69, 9.17) is 15.0 Å². The van der Waals surface area contributed by atoms with E-state index in [9.17, 15) is 9.90 Å². The number of carbonyl (C=O) groups is 1. The summed E-state index contributed by atoms with van der Waals surface area (Å²) in [6.07, 6.45) is 1.35. The maximum Gasteiger partial charge on any atom is 0.233 e. The first-order chi connectivity index (χ1) is 8.13. The molecule has 0 amide bonds. The van der Waals surface area contributed by atoms with Gasteiger partial charge in [0.1, 0.15) is 0 Å². The summed E-state index contributed by atoms with van der Waals surface area (Å²) in [5.74, 6) is -0.347. The minimum Gasteiger partial charge on any atom is -0.504 e. The van der Waals surface area contributed by atoms with Gasteiger partial charge in [-0.25, -0.2) is 0 Å². The molecule has 0 fully saturated rings. The Hall–Kier alpha value is -2.50. The number of aromatic nitrogens is 1. The maximum atomic E-state index is 11.9. The molecule has 2 aromatic rings. The van der Waals surface area contributed by atoms with Crippen molar-refractivity contribution in [3.8, 4) is 11.5 Å². The van der Waals surface area contributed by atoms with Crippen molar-refractivity contribution in [3.63, 3.8) is 0 Å². The quantitative estimate of drug-likeness (QED) is 0.470. The van der Waals surface area contributed by atoms with Crippen LogP contribution in [-0.2, 0) is 0 Å². The highest BCUT2D eigenvalue weighted by Crippen LogP contribution is 2.31. The largest absolute Gasteiger partial charge is 0.504 e. The summed E-state index contributed by atoms with van der Waals surface area (Å²) in [5, 5.41) is 13.0. The fourth-order valence-corrected chi connectivity index (χ4v) is 1.41. The van der Waals surface area contributed by atoms with Crippen molar-refractivity contribution in [2.45, 2.75) is 0 Å². The summed E-state index contributed by atoms with van der Waals surface area (Å²) in [4.78, 5) is 11.9. The van der Waals surface area contributed by atoms with Crippen molar-refractivity contribution < 1.29 is 19.2 Å². The average molecular weight is 234 g/mol. The molecule has 0 saturated heterocycles. The van der Waals surface area contributed by atoms with E-state index in [-0.39, 0.29) is 28.5 Å². The molecule has 0 aliphatic heterocycles. The van der Waals surface area contributed by atoms with E-state index in [1.54, 1.807) is 0 Å². The number of phenolic OH excluding ortho intramolecular Hbond substituents is 1. The van der Waals surface area contributed by atoms with Crippen molar-refractivity contribution in [2.75, 3.05) is 12.8 Å². The number of nitrogens with zero attached hydrogens (tertiary/aromatic N) is 1. The van der Waals surface area contributed by atoms with Gasteiger partial charge >= 0.3 is 0 Å². The number of benzene rings is 1. The van der Waals surface area contributed by atoms with Gasteiger partial charge in [-0.05, 0) is 6.07 Å². The maximum absolute atomic E-state index is 11.9. The smallest absolute Gasteiger partial charge is 0.233 e. The summed E-state index contributed by atoms with van der Waals surface area (Å²) in [6, 6.07) is 4.03. The van der Waals surface area contributed by atoms with Crippen LogP contribution in [0.4, 0.5) is 5.69 Å². The number of rotatable bonds is 3. The fourth-order valence-electron chi connectivity index (χ4n) is 1.41. The van der Waals surface area contributed by atoms with E-state index >= 15 is 0 Å². The SMILES string of the molecule is COc1cc(N)c(C(=O)c2ccno2)cc1O. The molecule has 0 spiro atoms. The predicted octanol–water partition coefficient (Wildman–Crippen LogP) is 1.20. The molecule has 0 aliphatic carbocycles. The molecule has 0 atom stereocenters. The van der Waals surface area contributed by atoms with Crippen LogP contribution in [0.15, 0.2) is 28.9 Å². The lowest BCUT2D eigenvalue weighted by atomic mass is 10.1. The average Bonchev–Trinajstić information content (AvgIpc) is 2.84. The minimum absolute atomic E-state index is 0.0567. The number of anilines is 1. The van der Waals surface area contributed by atoms with E-state index in [2.05, 4.69) is 5.16 Å². The molecule has 2 rings (SSSR count). The van der Waals surface area contributed by atoms with Crippen molar-refractivity contribution in [3.05, 3.63) is 35.7 Å². The van der Waals surface area contributed by atoms with Crippen LogP contribution >= 0.6 is 0 Å². The number of nitrogen functional groups attached to an aromatic ring is 1. The second kappa shape index (κ2) is 4.17. The molecule has 6 heteroatoms. The topological polar surface area (TPSA) is 98.6 Å². The van der Waals surface area contributed by atoms with E-state index in [0.29, 0.717) is 0 Å². The Balaban J connectivity index is 2.46. The van der Waals surface area contributed by atoms with Gasteiger partial charge in [0.2, 0.25) is 11.5 Å². The number of aromatic hydroxyl groups is 1. The molecule has 0 saturated carbocycles. The Labute approximate surface area is 96.6 Å². The van der Waals surface area contributed by atoms with Crippen LogP contribution in [0.1, 0.15) is 16.1 Å². The standard InChI is InChI=1S/C11H10N2O4/c1-16-10-5-7(12)6(4-8(10)14)11(15)9-2-3-13-17-9/h2-5,14H,12H2,1H3. The van der Waals surface area contributed by atoms with E-state index in [0.717, 1.165) is 0 Å². The van der Waals surface area contributed by atoms with Gasteiger partial charge < -0.3 is 20.1 Å². The van der Waals surface area contributed by atoms with Crippen molar-refractivity contribution in [1.82, 2.24) is 5.16 Å². The molecule has 1 aromatic carbocycles. The number of carbonyl (C=O) groups excluding carboxylic acids is 1. The number of ketones is 1. The van der Waals surface area contributed by atoms with E-state index < -0.39 is 5.78 Å². The molecule has 6 nitrogen and oxygen atoms in total. The monoisotopic (exact) mass is 234 g/mol.